The topological polar surface area (TPSA) is 48.1 Å². The van der Waals surface area contributed by atoms with Gasteiger partial charge < -0.3 is 10.5 Å². The second kappa shape index (κ2) is 5.49. The number of halogens is 1. The van der Waals surface area contributed by atoms with Gasteiger partial charge in [0.05, 0.1) is 11.9 Å². The number of hydrogen-bond donors (Lipinski definition) is 1. The van der Waals surface area contributed by atoms with Gasteiger partial charge in [0, 0.05) is 17.3 Å². The molecule has 0 radical (unpaired) electrons. The number of ether oxygens (including phenoxy) is 1. The van der Waals surface area contributed by atoms with Crippen LogP contribution < -0.4 is 10.5 Å². The molecule has 4 heteroatoms. The first-order valence-electron chi connectivity index (χ1n) is 6.16. The van der Waals surface area contributed by atoms with Gasteiger partial charge in [-0.25, -0.2) is 0 Å². The average Bonchev–Trinajstić information content (AvgIpc) is 2.34. The number of aromatic nitrogens is 1. The minimum absolute atomic E-state index is 0.338. The lowest BCUT2D eigenvalue weighted by atomic mass is 10.0. The SMILES string of the molecule is Cc1cc(Cl)c(C(C)C)cc1Oc1ccncc1N. The molecule has 0 aliphatic carbocycles. The van der Waals surface area contributed by atoms with Gasteiger partial charge in [-0.05, 0) is 36.1 Å². The van der Waals surface area contributed by atoms with E-state index in [0.717, 1.165) is 21.9 Å². The van der Waals surface area contributed by atoms with Crippen molar-refractivity contribution in [2.24, 2.45) is 0 Å². The quantitative estimate of drug-likeness (QED) is 0.895. The lowest BCUT2D eigenvalue weighted by Gasteiger charge is -2.15. The maximum Gasteiger partial charge on any atom is 0.153 e. The molecule has 0 spiro atoms. The van der Waals surface area contributed by atoms with Crippen LogP contribution in [0.1, 0.15) is 30.9 Å². The second-order valence-corrected chi connectivity index (χ2v) is 5.22. The van der Waals surface area contributed by atoms with Gasteiger partial charge in [-0.1, -0.05) is 25.4 Å². The molecular weight excluding hydrogens is 260 g/mol. The van der Waals surface area contributed by atoms with E-state index in [4.69, 9.17) is 22.1 Å². The van der Waals surface area contributed by atoms with Crippen LogP contribution in [0, 0.1) is 6.92 Å². The number of nitrogen functional groups attached to an aromatic ring is 1. The molecule has 2 N–H and O–H groups in total. The number of anilines is 1. The largest absolute Gasteiger partial charge is 0.455 e. The molecule has 2 aromatic rings. The molecule has 1 aromatic carbocycles. The highest BCUT2D eigenvalue weighted by atomic mass is 35.5. The van der Waals surface area contributed by atoms with Gasteiger partial charge in [0.15, 0.2) is 5.75 Å². The molecule has 0 atom stereocenters. The summed E-state index contributed by atoms with van der Waals surface area (Å²) >= 11 is 6.24. The zero-order chi connectivity index (χ0) is 14.0. The van der Waals surface area contributed by atoms with E-state index in [1.54, 1.807) is 18.5 Å². The third-order valence-electron chi connectivity index (χ3n) is 2.95. The summed E-state index contributed by atoms with van der Waals surface area (Å²) < 4.78 is 5.86. The van der Waals surface area contributed by atoms with Crippen molar-refractivity contribution in [3.8, 4) is 11.5 Å². The van der Waals surface area contributed by atoms with E-state index in [0.29, 0.717) is 17.4 Å². The monoisotopic (exact) mass is 276 g/mol. The highest BCUT2D eigenvalue weighted by Crippen LogP contribution is 2.35. The number of pyridine rings is 1. The van der Waals surface area contributed by atoms with Gasteiger partial charge in [0.2, 0.25) is 0 Å². The van der Waals surface area contributed by atoms with E-state index in [2.05, 4.69) is 18.8 Å². The van der Waals surface area contributed by atoms with Crippen molar-refractivity contribution in [1.29, 1.82) is 0 Å². The molecule has 0 aliphatic rings. The van der Waals surface area contributed by atoms with E-state index < -0.39 is 0 Å². The van der Waals surface area contributed by atoms with Crippen molar-refractivity contribution < 1.29 is 4.74 Å². The summed E-state index contributed by atoms with van der Waals surface area (Å²) in [5, 5.41) is 0.766. The van der Waals surface area contributed by atoms with Crippen LogP contribution >= 0.6 is 11.6 Å². The molecule has 1 heterocycles. The molecule has 0 unspecified atom stereocenters. The Morgan fingerprint density at radius 3 is 2.63 bits per heavy atom. The van der Waals surface area contributed by atoms with E-state index in [-0.39, 0.29) is 0 Å². The van der Waals surface area contributed by atoms with Gasteiger partial charge in [0.1, 0.15) is 5.75 Å². The Hall–Kier alpha value is -1.74. The molecule has 1 aromatic heterocycles. The number of hydrogen-bond acceptors (Lipinski definition) is 3. The summed E-state index contributed by atoms with van der Waals surface area (Å²) in [5.74, 6) is 1.71. The lowest BCUT2D eigenvalue weighted by molar-refractivity contribution is 0.479. The van der Waals surface area contributed by atoms with Crippen LogP contribution in [-0.4, -0.2) is 4.98 Å². The fraction of sp³-hybridized carbons (Fsp3) is 0.267. The van der Waals surface area contributed by atoms with Crippen molar-refractivity contribution in [2.75, 3.05) is 5.73 Å². The third kappa shape index (κ3) is 2.99. The molecule has 3 nitrogen and oxygen atoms in total. The summed E-state index contributed by atoms with van der Waals surface area (Å²) in [6.07, 6.45) is 3.23. The van der Waals surface area contributed by atoms with E-state index >= 15 is 0 Å². The first-order valence-corrected chi connectivity index (χ1v) is 6.54. The first-order chi connectivity index (χ1) is 8.99. The summed E-state index contributed by atoms with van der Waals surface area (Å²) in [4.78, 5) is 3.94. The van der Waals surface area contributed by atoms with Crippen molar-refractivity contribution >= 4 is 17.3 Å². The summed E-state index contributed by atoms with van der Waals surface area (Å²) in [7, 11) is 0. The third-order valence-corrected chi connectivity index (χ3v) is 3.27. The van der Waals surface area contributed by atoms with Crippen LogP contribution in [0.25, 0.3) is 0 Å². The van der Waals surface area contributed by atoms with Gasteiger partial charge in [-0.15, -0.1) is 0 Å². The normalized spacial score (nSPS) is 10.8. The average molecular weight is 277 g/mol. The Morgan fingerprint density at radius 2 is 2.00 bits per heavy atom. The molecule has 0 fully saturated rings. The van der Waals surface area contributed by atoms with Crippen LogP contribution in [0.3, 0.4) is 0 Å². The van der Waals surface area contributed by atoms with Crippen LogP contribution in [-0.2, 0) is 0 Å². The van der Waals surface area contributed by atoms with Crippen molar-refractivity contribution in [2.45, 2.75) is 26.7 Å². The van der Waals surface area contributed by atoms with Gasteiger partial charge in [-0.2, -0.15) is 0 Å². The molecule has 2 rings (SSSR count). The first kappa shape index (κ1) is 13.7. The van der Waals surface area contributed by atoms with Crippen LogP contribution in [0.4, 0.5) is 5.69 Å². The molecule has 19 heavy (non-hydrogen) atoms. The fourth-order valence-electron chi connectivity index (χ4n) is 1.83. The number of nitrogens with two attached hydrogens (primary N) is 1. The Labute approximate surface area is 118 Å². The van der Waals surface area contributed by atoms with Crippen LogP contribution in [0.15, 0.2) is 30.6 Å². The number of nitrogens with zero attached hydrogens (tertiary/aromatic N) is 1. The highest BCUT2D eigenvalue weighted by molar-refractivity contribution is 6.31. The summed E-state index contributed by atoms with van der Waals surface area (Å²) in [5.41, 5.74) is 8.39. The number of aryl methyl sites for hydroxylation is 1. The molecule has 0 saturated carbocycles. The fourth-order valence-corrected chi connectivity index (χ4v) is 2.26. The van der Waals surface area contributed by atoms with E-state index in [9.17, 15) is 0 Å². The predicted octanol–water partition coefficient (Wildman–Crippen LogP) is 4.54. The summed E-state index contributed by atoms with van der Waals surface area (Å²) in [6.45, 7) is 6.16. The molecule has 100 valence electrons. The number of benzene rings is 1. The van der Waals surface area contributed by atoms with Crippen molar-refractivity contribution in [1.82, 2.24) is 4.98 Å². The van der Waals surface area contributed by atoms with E-state index in [1.165, 1.54) is 0 Å². The second-order valence-electron chi connectivity index (χ2n) is 4.81. The zero-order valence-electron chi connectivity index (χ0n) is 11.3. The molecule has 0 aliphatic heterocycles. The minimum Gasteiger partial charge on any atom is -0.455 e. The summed E-state index contributed by atoms with van der Waals surface area (Å²) in [6, 6.07) is 5.64. The van der Waals surface area contributed by atoms with Gasteiger partial charge >= 0.3 is 0 Å². The Balaban J connectivity index is 2.40. The minimum atomic E-state index is 0.338. The molecule has 0 bridgehead atoms. The molecule has 0 amide bonds. The molecular formula is C15H17ClN2O. The van der Waals surface area contributed by atoms with Gasteiger partial charge in [-0.3, -0.25) is 4.98 Å². The standard InChI is InChI=1S/C15H17ClN2O/c1-9(2)11-7-15(10(3)6-12(11)16)19-14-4-5-18-8-13(14)17/h4-9H,17H2,1-3H3. The lowest BCUT2D eigenvalue weighted by Crippen LogP contribution is -1.96. The molecule has 0 saturated heterocycles. The Bertz CT molecular complexity index is 597. The van der Waals surface area contributed by atoms with Gasteiger partial charge in [0.25, 0.3) is 0 Å². The predicted molar refractivity (Wildman–Crippen MR) is 79.0 cm³/mol. The van der Waals surface area contributed by atoms with Crippen LogP contribution in [0.5, 0.6) is 11.5 Å². The Kier molecular flexibility index (Phi) is 3.96. The highest BCUT2D eigenvalue weighted by Gasteiger charge is 2.11. The van der Waals surface area contributed by atoms with Crippen LogP contribution in [0.2, 0.25) is 5.02 Å². The maximum absolute atomic E-state index is 6.24. The zero-order valence-corrected chi connectivity index (χ0v) is 12.0. The maximum atomic E-state index is 6.24. The smallest absolute Gasteiger partial charge is 0.153 e. The van der Waals surface area contributed by atoms with E-state index in [1.807, 2.05) is 19.1 Å². The van der Waals surface area contributed by atoms with Crippen molar-refractivity contribution in [3.05, 3.63) is 46.7 Å². The Morgan fingerprint density at radius 1 is 1.26 bits per heavy atom. The number of rotatable bonds is 3. The van der Waals surface area contributed by atoms with Crippen molar-refractivity contribution in [3.63, 3.8) is 0 Å².